The lowest BCUT2D eigenvalue weighted by Crippen LogP contribution is -2.22. The van der Waals surface area contributed by atoms with E-state index in [0.29, 0.717) is 17.8 Å². The third kappa shape index (κ3) is 3.47. The molecular formula is C15H17N3O3. The van der Waals surface area contributed by atoms with Gasteiger partial charge < -0.3 is 9.64 Å². The van der Waals surface area contributed by atoms with Gasteiger partial charge in [-0.3, -0.25) is 9.48 Å². The predicted molar refractivity (Wildman–Crippen MR) is 77.1 cm³/mol. The fourth-order valence-corrected chi connectivity index (χ4v) is 1.84. The van der Waals surface area contributed by atoms with Crippen molar-refractivity contribution in [2.45, 2.75) is 6.54 Å². The average Bonchev–Trinajstić information content (AvgIpc) is 2.94. The summed E-state index contributed by atoms with van der Waals surface area (Å²) in [5.74, 6) is -0.491. The number of carbonyl (C=O) groups excluding carboxylic acids is 2. The number of esters is 1. The van der Waals surface area contributed by atoms with Crippen molar-refractivity contribution in [2.75, 3.05) is 21.2 Å². The smallest absolute Gasteiger partial charge is 0.337 e. The van der Waals surface area contributed by atoms with Crippen molar-refractivity contribution >= 4 is 11.9 Å². The SMILES string of the molecule is COC(=O)c1ccc(Cn2ccc(C(=O)N(C)C)n2)cc1. The second-order valence-corrected chi connectivity index (χ2v) is 4.79. The van der Waals surface area contributed by atoms with Crippen molar-refractivity contribution in [3.63, 3.8) is 0 Å². The van der Waals surface area contributed by atoms with E-state index in [-0.39, 0.29) is 11.9 Å². The molecule has 21 heavy (non-hydrogen) atoms. The van der Waals surface area contributed by atoms with Crippen molar-refractivity contribution in [1.29, 1.82) is 0 Å². The van der Waals surface area contributed by atoms with E-state index in [1.807, 2.05) is 12.1 Å². The van der Waals surface area contributed by atoms with Gasteiger partial charge in [-0.05, 0) is 23.8 Å². The van der Waals surface area contributed by atoms with Crippen molar-refractivity contribution in [1.82, 2.24) is 14.7 Å². The highest BCUT2D eigenvalue weighted by Crippen LogP contribution is 2.08. The maximum absolute atomic E-state index is 11.8. The van der Waals surface area contributed by atoms with Gasteiger partial charge in [-0.25, -0.2) is 4.79 Å². The molecular weight excluding hydrogens is 270 g/mol. The molecule has 0 bridgehead atoms. The number of ether oxygens (including phenoxy) is 1. The average molecular weight is 287 g/mol. The lowest BCUT2D eigenvalue weighted by Gasteiger charge is -2.07. The summed E-state index contributed by atoms with van der Waals surface area (Å²) in [5, 5.41) is 4.23. The van der Waals surface area contributed by atoms with E-state index in [0.717, 1.165) is 5.56 Å². The number of hydrogen-bond donors (Lipinski definition) is 0. The summed E-state index contributed by atoms with van der Waals surface area (Å²) in [7, 11) is 4.73. The highest BCUT2D eigenvalue weighted by atomic mass is 16.5. The molecule has 0 aliphatic carbocycles. The molecule has 0 aliphatic heterocycles. The van der Waals surface area contributed by atoms with Crippen LogP contribution in [0.3, 0.4) is 0 Å². The van der Waals surface area contributed by atoms with Crippen LogP contribution in [0.4, 0.5) is 0 Å². The Labute approximate surface area is 122 Å². The van der Waals surface area contributed by atoms with Gasteiger partial charge in [-0.1, -0.05) is 12.1 Å². The Morgan fingerprint density at radius 1 is 1.19 bits per heavy atom. The molecule has 0 fully saturated rings. The zero-order valence-electron chi connectivity index (χ0n) is 12.2. The van der Waals surface area contributed by atoms with Crippen molar-refractivity contribution in [3.8, 4) is 0 Å². The van der Waals surface area contributed by atoms with E-state index in [2.05, 4.69) is 9.84 Å². The first-order valence-corrected chi connectivity index (χ1v) is 6.43. The second kappa shape index (κ2) is 6.21. The maximum atomic E-state index is 11.8. The zero-order chi connectivity index (χ0) is 15.4. The third-order valence-corrected chi connectivity index (χ3v) is 2.99. The van der Waals surface area contributed by atoms with Crippen LogP contribution in [0.2, 0.25) is 0 Å². The minimum absolute atomic E-state index is 0.130. The monoisotopic (exact) mass is 287 g/mol. The Morgan fingerprint density at radius 2 is 1.86 bits per heavy atom. The number of rotatable bonds is 4. The summed E-state index contributed by atoms with van der Waals surface area (Å²) in [4.78, 5) is 24.6. The Morgan fingerprint density at radius 3 is 2.43 bits per heavy atom. The molecule has 0 saturated heterocycles. The number of methoxy groups -OCH3 is 1. The first-order chi connectivity index (χ1) is 10.0. The van der Waals surface area contributed by atoms with Crippen molar-refractivity contribution in [3.05, 3.63) is 53.3 Å². The Hall–Kier alpha value is -2.63. The highest BCUT2D eigenvalue weighted by molar-refractivity contribution is 5.91. The van der Waals surface area contributed by atoms with Crippen LogP contribution in [-0.4, -0.2) is 47.8 Å². The van der Waals surface area contributed by atoms with E-state index in [4.69, 9.17) is 0 Å². The molecule has 1 aromatic carbocycles. The van der Waals surface area contributed by atoms with Gasteiger partial charge in [0.05, 0.1) is 19.2 Å². The summed E-state index contributed by atoms with van der Waals surface area (Å²) in [6.07, 6.45) is 1.75. The van der Waals surface area contributed by atoms with Crippen LogP contribution in [0.15, 0.2) is 36.5 Å². The van der Waals surface area contributed by atoms with Gasteiger partial charge in [-0.15, -0.1) is 0 Å². The largest absolute Gasteiger partial charge is 0.465 e. The molecule has 1 amide bonds. The van der Waals surface area contributed by atoms with Crippen molar-refractivity contribution in [2.24, 2.45) is 0 Å². The molecule has 0 radical (unpaired) electrons. The van der Waals surface area contributed by atoms with E-state index in [1.54, 1.807) is 43.2 Å². The van der Waals surface area contributed by atoms with Gasteiger partial charge in [0, 0.05) is 20.3 Å². The molecule has 0 spiro atoms. The molecule has 0 aliphatic rings. The summed E-state index contributed by atoms with van der Waals surface area (Å²) < 4.78 is 6.33. The normalized spacial score (nSPS) is 10.2. The number of amides is 1. The lowest BCUT2D eigenvalue weighted by atomic mass is 10.1. The van der Waals surface area contributed by atoms with Crippen LogP contribution in [0.25, 0.3) is 0 Å². The molecule has 110 valence electrons. The molecule has 0 N–H and O–H groups in total. The van der Waals surface area contributed by atoms with E-state index in [9.17, 15) is 9.59 Å². The van der Waals surface area contributed by atoms with Crippen LogP contribution >= 0.6 is 0 Å². The van der Waals surface area contributed by atoms with Gasteiger partial charge >= 0.3 is 5.97 Å². The van der Waals surface area contributed by atoms with Gasteiger partial charge in [0.1, 0.15) is 5.69 Å². The number of carbonyl (C=O) groups is 2. The maximum Gasteiger partial charge on any atom is 0.337 e. The van der Waals surface area contributed by atoms with Gasteiger partial charge in [0.25, 0.3) is 5.91 Å². The van der Waals surface area contributed by atoms with E-state index < -0.39 is 0 Å². The Balaban J connectivity index is 2.08. The standard InChI is InChI=1S/C15H17N3O3/c1-17(2)14(19)13-8-9-18(16-13)10-11-4-6-12(7-5-11)15(20)21-3/h4-9H,10H2,1-3H3. The van der Waals surface area contributed by atoms with Gasteiger partial charge in [0.2, 0.25) is 0 Å². The van der Waals surface area contributed by atoms with Crippen LogP contribution in [0.5, 0.6) is 0 Å². The summed E-state index contributed by atoms with van der Waals surface area (Å²) in [5.41, 5.74) is 1.89. The van der Waals surface area contributed by atoms with Gasteiger partial charge in [-0.2, -0.15) is 5.10 Å². The minimum Gasteiger partial charge on any atom is -0.465 e. The quantitative estimate of drug-likeness (QED) is 0.798. The fraction of sp³-hybridized carbons (Fsp3) is 0.267. The zero-order valence-corrected chi connectivity index (χ0v) is 12.2. The first kappa shape index (κ1) is 14.8. The highest BCUT2D eigenvalue weighted by Gasteiger charge is 2.11. The number of hydrogen-bond acceptors (Lipinski definition) is 4. The van der Waals surface area contributed by atoms with Crippen LogP contribution in [0, 0.1) is 0 Å². The molecule has 6 nitrogen and oxygen atoms in total. The van der Waals surface area contributed by atoms with Crippen LogP contribution < -0.4 is 0 Å². The minimum atomic E-state index is -0.362. The lowest BCUT2D eigenvalue weighted by molar-refractivity contribution is 0.0600. The first-order valence-electron chi connectivity index (χ1n) is 6.43. The molecule has 6 heteroatoms. The fourth-order valence-electron chi connectivity index (χ4n) is 1.84. The molecule has 2 rings (SSSR count). The summed E-state index contributed by atoms with van der Waals surface area (Å²) in [6, 6.07) is 8.76. The van der Waals surface area contributed by atoms with Crippen LogP contribution in [0.1, 0.15) is 26.4 Å². The van der Waals surface area contributed by atoms with Gasteiger partial charge in [0.15, 0.2) is 0 Å². The Bertz CT molecular complexity index is 644. The summed E-state index contributed by atoms with van der Waals surface area (Å²) >= 11 is 0. The van der Waals surface area contributed by atoms with E-state index >= 15 is 0 Å². The number of benzene rings is 1. The van der Waals surface area contributed by atoms with Crippen molar-refractivity contribution < 1.29 is 14.3 Å². The number of aromatic nitrogens is 2. The Kier molecular flexibility index (Phi) is 4.37. The topological polar surface area (TPSA) is 64.4 Å². The summed E-state index contributed by atoms with van der Waals surface area (Å²) in [6.45, 7) is 0.530. The molecule has 2 aromatic rings. The molecule has 0 unspecified atom stereocenters. The predicted octanol–water partition coefficient (Wildman–Crippen LogP) is 1.42. The third-order valence-electron chi connectivity index (χ3n) is 2.99. The van der Waals surface area contributed by atoms with Crippen LogP contribution in [-0.2, 0) is 11.3 Å². The molecule has 0 atom stereocenters. The second-order valence-electron chi connectivity index (χ2n) is 4.79. The molecule has 1 heterocycles. The van der Waals surface area contributed by atoms with E-state index in [1.165, 1.54) is 12.0 Å². The molecule has 1 aromatic heterocycles. The molecule has 0 saturated carbocycles. The number of nitrogens with zero attached hydrogens (tertiary/aromatic N) is 3.